The molecule has 0 radical (unpaired) electrons. The number of rotatable bonds is 5. The number of morpholine rings is 1. The lowest BCUT2D eigenvalue weighted by Crippen LogP contribution is -2.36. The van der Waals surface area contributed by atoms with Crippen molar-refractivity contribution in [2.45, 2.75) is 0 Å². The second kappa shape index (κ2) is 9.52. The third-order valence-corrected chi connectivity index (χ3v) is 5.16. The normalized spacial score (nSPS) is 14.2. The Bertz CT molecular complexity index is 1120. The molecule has 3 aromatic rings. The Morgan fingerprint density at radius 3 is 2.42 bits per heavy atom. The average molecular weight is 434 g/mol. The number of furan rings is 1. The summed E-state index contributed by atoms with van der Waals surface area (Å²) in [5, 5.41) is 12.8. The first-order valence-corrected chi connectivity index (χ1v) is 10.2. The van der Waals surface area contributed by atoms with Gasteiger partial charge in [-0.1, -0.05) is 11.6 Å². The summed E-state index contributed by atoms with van der Waals surface area (Å²) in [6.07, 6.45) is 1.43. The van der Waals surface area contributed by atoms with Gasteiger partial charge in [-0.05, 0) is 60.7 Å². The number of hydrogen-bond donors (Lipinski definition) is 1. The lowest BCUT2D eigenvalue weighted by Gasteiger charge is -2.28. The topological polar surface area (TPSA) is 78.5 Å². The van der Waals surface area contributed by atoms with Crippen LogP contribution in [0.4, 0.5) is 11.4 Å². The Hall–Kier alpha value is -3.53. The summed E-state index contributed by atoms with van der Waals surface area (Å²) < 4.78 is 11.1. The van der Waals surface area contributed by atoms with Crippen LogP contribution in [0.3, 0.4) is 0 Å². The lowest BCUT2D eigenvalue weighted by atomic mass is 10.2. The van der Waals surface area contributed by atoms with E-state index in [9.17, 15) is 10.1 Å². The Labute approximate surface area is 185 Å². The minimum Gasteiger partial charge on any atom is -0.457 e. The number of nitrogens with one attached hydrogen (secondary N) is 1. The zero-order valence-corrected chi connectivity index (χ0v) is 17.4. The standard InChI is InChI=1S/C24H20ClN3O3/c25-19-3-1-17(2-4-19)23-10-9-22(31-23)15-18(16-26)24(29)27-20-5-7-21(8-6-20)28-11-13-30-14-12-28/h1-10,15H,11-14H2,(H,27,29)/b18-15+. The molecular formula is C24H20ClN3O3. The second-order valence-electron chi connectivity index (χ2n) is 6.98. The van der Waals surface area contributed by atoms with Crippen molar-refractivity contribution in [3.63, 3.8) is 0 Å². The molecule has 0 spiro atoms. The molecule has 6 nitrogen and oxygen atoms in total. The maximum Gasteiger partial charge on any atom is 0.266 e. The van der Waals surface area contributed by atoms with Crippen LogP contribution in [-0.4, -0.2) is 32.2 Å². The van der Waals surface area contributed by atoms with Crippen molar-refractivity contribution < 1.29 is 13.9 Å². The first-order chi connectivity index (χ1) is 15.1. The average Bonchev–Trinajstić information content (AvgIpc) is 3.27. The van der Waals surface area contributed by atoms with Gasteiger partial charge < -0.3 is 19.4 Å². The summed E-state index contributed by atoms with van der Waals surface area (Å²) in [5.41, 5.74) is 2.49. The zero-order chi connectivity index (χ0) is 21.6. The molecule has 0 saturated carbocycles. The van der Waals surface area contributed by atoms with Gasteiger partial charge in [0, 0.05) is 41.1 Å². The highest BCUT2D eigenvalue weighted by Gasteiger charge is 2.13. The quantitative estimate of drug-likeness (QED) is 0.453. The number of nitriles is 1. The molecule has 0 bridgehead atoms. The number of carbonyl (C=O) groups is 1. The van der Waals surface area contributed by atoms with E-state index in [-0.39, 0.29) is 5.57 Å². The summed E-state index contributed by atoms with van der Waals surface area (Å²) in [5.74, 6) is 0.546. The molecule has 1 amide bonds. The van der Waals surface area contributed by atoms with Crippen molar-refractivity contribution in [2.75, 3.05) is 36.5 Å². The predicted molar refractivity (Wildman–Crippen MR) is 121 cm³/mol. The van der Waals surface area contributed by atoms with E-state index in [1.807, 2.05) is 42.5 Å². The summed E-state index contributed by atoms with van der Waals surface area (Å²) in [7, 11) is 0. The van der Waals surface area contributed by atoms with Gasteiger partial charge in [0.1, 0.15) is 23.2 Å². The Kier molecular flexibility index (Phi) is 6.37. The molecule has 0 aliphatic carbocycles. The second-order valence-corrected chi connectivity index (χ2v) is 7.42. The maximum atomic E-state index is 12.6. The third-order valence-electron chi connectivity index (χ3n) is 4.91. The Morgan fingerprint density at radius 2 is 1.74 bits per heavy atom. The smallest absolute Gasteiger partial charge is 0.266 e. The number of anilines is 2. The van der Waals surface area contributed by atoms with E-state index in [1.165, 1.54) is 6.08 Å². The number of amides is 1. The molecule has 1 aliphatic rings. The molecule has 2 heterocycles. The van der Waals surface area contributed by atoms with Crippen molar-refractivity contribution in [3.05, 3.63) is 77.0 Å². The fraction of sp³-hybridized carbons (Fsp3) is 0.167. The van der Waals surface area contributed by atoms with E-state index in [2.05, 4.69) is 10.2 Å². The predicted octanol–water partition coefficient (Wildman–Crippen LogP) is 4.98. The van der Waals surface area contributed by atoms with Crippen molar-refractivity contribution in [2.24, 2.45) is 0 Å². The zero-order valence-electron chi connectivity index (χ0n) is 16.7. The highest BCUT2D eigenvalue weighted by molar-refractivity contribution is 6.30. The molecule has 1 aliphatic heterocycles. The van der Waals surface area contributed by atoms with Gasteiger partial charge in [-0.15, -0.1) is 0 Å². The molecule has 1 N–H and O–H groups in total. The van der Waals surface area contributed by atoms with Gasteiger partial charge in [0.2, 0.25) is 0 Å². The van der Waals surface area contributed by atoms with Gasteiger partial charge in [0.05, 0.1) is 13.2 Å². The first-order valence-electron chi connectivity index (χ1n) is 9.84. The lowest BCUT2D eigenvalue weighted by molar-refractivity contribution is -0.112. The molecule has 2 aromatic carbocycles. The molecule has 1 saturated heterocycles. The number of carbonyl (C=O) groups excluding carboxylic acids is 1. The van der Waals surface area contributed by atoms with Crippen LogP contribution >= 0.6 is 11.6 Å². The number of benzene rings is 2. The van der Waals surface area contributed by atoms with Crippen molar-refractivity contribution in [1.82, 2.24) is 0 Å². The van der Waals surface area contributed by atoms with E-state index in [0.29, 0.717) is 35.4 Å². The molecule has 7 heteroatoms. The molecule has 31 heavy (non-hydrogen) atoms. The van der Waals surface area contributed by atoms with E-state index < -0.39 is 5.91 Å². The van der Waals surface area contributed by atoms with Crippen LogP contribution < -0.4 is 10.2 Å². The fourth-order valence-electron chi connectivity index (χ4n) is 3.27. The number of hydrogen-bond acceptors (Lipinski definition) is 5. The monoisotopic (exact) mass is 433 g/mol. The number of nitrogens with zero attached hydrogens (tertiary/aromatic N) is 2. The molecule has 0 atom stereocenters. The maximum absolute atomic E-state index is 12.6. The van der Waals surface area contributed by atoms with Crippen molar-refractivity contribution in [3.8, 4) is 17.4 Å². The third kappa shape index (κ3) is 5.15. The van der Waals surface area contributed by atoms with E-state index in [1.54, 1.807) is 24.3 Å². The van der Waals surface area contributed by atoms with Crippen LogP contribution in [-0.2, 0) is 9.53 Å². The minimum absolute atomic E-state index is 0.0470. The van der Waals surface area contributed by atoms with Crippen LogP contribution in [0.2, 0.25) is 5.02 Å². The van der Waals surface area contributed by atoms with Crippen LogP contribution in [0, 0.1) is 11.3 Å². The molecule has 1 fully saturated rings. The van der Waals surface area contributed by atoms with Crippen LogP contribution in [0.5, 0.6) is 0 Å². The summed E-state index contributed by atoms with van der Waals surface area (Å²) >= 11 is 5.91. The SMILES string of the molecule is N#C/C(=C\c1ccc(-c2ccc(Cl)cc2)o1)C(=O)Nc1ccc(N2CCOCC2)cc1. The summed E-state index contributed by atoms with van der Waals surface area (Å²) in [6, 6.07) is 20.2. The van der Waals surface area contributed by atoms with Crippen LogP contribution in [0.15, 0.2) is 70.7 Å². The van der Waals surface area contributed by atoms with E-state index in [0.717, 1.165) is 24.3 Å². The van der Waals surface area contributed by atoms with Gasteiger partial charge in [-0.2, -0.15) is 5.26 Å². The molecule has 156 valence electrons. The fourth-order valence-corrected chi connectivity index (χ4v) is 3.39. The Balaban J connectivity index is 1.44. The number of ether oxygens (including phenoxy) is 1. The first kappa shape index (κ1) is 20.7. The van der Waals surface area contributed by atoms with Crippen molar-refractivity contribution in [1.29, 1.82) is 5.26 Å². The van der Waals surface area contributed by atoms with Gasteiger partial charge in [-0.3, -0.25) is 4.79 Å². The van der Waals surface area contributed by atoms with Crippen LogP contribution in [0.25, 0.3) is 17.4 Å². The highest BCUT2D eigenvalue weighted by atomic mass is 35.5. The van der Waals surface area contributed by atoms with E-state index in [4.69, 9.17) is 20.8 Å². The summed E-state index contributed by atoms with van der Waals surface area (Å²) in [6.45, 7) is 3.10. The summed E-state index contributed by atoms with van der Waals surface area (Å²) in [4.78, 5) is 14.8. The van der Waals surface area contributed by atoms with Crippen LogP contribution in [0.1, 0.15) is 5.76 Å². The van der Waals surface area contributed by atoms with Gasteiger partial charge in [0.15, 0.2) is 0 Å². The van der Waals surface area contributed by atoms with Gasteiger partial charge in [0.25, 0.3) is 5.91 Å². The molecule has 0 unspecified atom stereocenters. The van der Waals surface area contributed by atoms with E-state index >= 15 is 0 Å². The Morgan fingerprint density at radius 1 is 1.03 bits per heavy atom. The number of halogens is 1. The highest BCUT2D eigenvalue weighted by Crippen LogP contribution is 2.25. The van der Waals surface area contributed by atoms with Gasteiger partial charge >= 0.3 is 0 Å². The molecule has 1 aromatic heterocycles. The minimum atomic E-state index is -0.494. The van der Waals surface area contributed by atoms with Gasteiger partial charge in [-0.25, -0.2) is 0 Å². The van der Waals surface area contributed by atoms with Crippen molar-refractivity contribution >= 4 is 35.0 Å². The molecule has 4 rings (SSSR count). The largest absolute Gasteiger partial charge is 0.457 e. The molecular weight excluding hydrogens is 414 g/mol.